The Balaban J connectivity index is 1.91. The van der Waals surface area contributed by atoms with Gasteiger partial charge >= 0.3 is 0 Å². The summed E-state index contributed by atoms with van der Waals surface area (Å²) in [5.74, 6) is 0.632. The summed E-state index contributed by atoms with van der Waals surface area (Å²) in [4.78, 5) is 12.2. The lowest BCUT2D eigenvalue weighted by molar-refractivity contribution is -0.122. The van der Waals surface area contributed by atoms with Gasteiger partial charge in [0.25, 0.3) is 0 Å². The Morgan fingerprint density at radius 1 is 1.09 bits per heavy atom. The van der Waals surface area contributed by atoms with Gasteiger partial charge in [0, 0.05) is 12.1 Å². The smallest absolute Gasteiger partial charge is 0.237 e. The number of benzene rings is 2. The zero-order valence-electron chi connectivity index (χ0n) is 13.7. The van der Waals surface area contributed by atoms with E-state index in [2.05, 4.69) is 5.32 Å². The first kappa shape index (κ1) is 17.0. The van der Waals surface area contributed by atoms with E-state index in [-0.39, 0.29) is 12.0 Å². The van der Waals surface area contributed by atoms with E-state index in [1.54, 1.807) is 0 Å². The van der Waals surface area contributed by atoms with Gasteiger partial charge in [-0.15, -0.1) is 0 Å². The molecule has 122 valence electrons. The summed E-state index contributed by atoms with van der Waals surface area (Å²) in [6, 6.07) is 16.9. The average molecular weight is 312 g/mol. The van der Waals surface area contributed by atoms with Crippen molar-refractivity contribution in [1.82, 2.24) is 5.32 Å². The van der Waals surface area contributed by atoms with Gasteiger partial charge in [-0.25, -0.2) is 0 Å². The molecule has 1 atom stereocenters. The maximum absolute atomic E-state index is 12.2. The maximum atomic E-state index is 12.2. The van der Waals surface area contributed by atoms with E-state index in [9.17, 15) is 4.79 Å². The molecule has 0 fully saturated rings. The molecule has 4 heteroatoms. The van der Waals surface area contributed by atoms with Crippen molar-refractivity contribution in [3.05, 3.63) is 65.7 Å². The van der Waals surface area contributed by atoms with E-state index in [1.165, 1.54) is 0 Å². The second kappa shape index (κ2) is 8.34. The van der Waals surface area contributed by atoms with Crippen molar-refractivity contribution < 1.29 is 9.53 Å². The van der Waals surface area contributed by atoms with Crippen molar-refractivity contribution >= 4 is 5.91 Å². The van der Waals surface area contributed by atoms with Gasteiger partial charge in [0.2, 0.25) is 5.91 Å². The third-order valence-corrected chi connectivity index (χ3v) is 3.42. The van der Waals surface area contributed by atoms with Crippen molar-refractivity contribution in [3.8, 4) is 5.75 Å². The summed E-state index contributed by atoms with van der Waals surface area (Å²) in [5.41, 5.74) is 7.99. The van der Waals surface area contributed by atoms with Crippen LogP contribution in [0, 0.1) is 0 Å². The molecule has 4 nitrogen and oxygen atoms in total. The summed E-state index contributed by atoms with van der Waals surface area (Å²) < 4.78 is 5.75. The van der Waals surface area contributed by atoms with Crippen LogP contribution in [0.3, 0.4) is 0 Å². The Kier molecular flexibility index (Phi) is 6.18. The number of para-hydroxylation sites is 1. The first-order valence-electron chi connectivity index (χ1n) is 7.88. The van der Waals surface area contributed by atoms with E-state index in [1.807, 2.05) is 68.4 Å². The number of ether oxygens (including phenoxy) is 1. The van der Waals surface area contributed by atoms with Gasteiger partial charge < -0.3 is 15.8 Å². The Labute approximate surface area is 137 Å². The topological polar surface area (TPSA) is 64.3 Å². The second-order valence-electron chi connectivity index (χ2n) is 5.79. The summed E-state index contributed by atoms with van der Waals surface area (Å²) >= 11 is 0. The highest BCUT2D eigenvalue weighted by Crippen LogP contribution is 2.19. The van der Waals surface area contributed by atoms with Crippen LogP contribution in [0.4, 0.5) is 0 Å². The average Bonchev–Trinajstić information content (AvgIpc) is 2.54. The van der Waals surface area contributed by atoms with E-state index < -0.39 is 6.04 Å². The normalized spacial score (nSPS) is 12.0. The molecule has 0 aromatic heterocycles. The minimum atomic E-state index is -0.560. The minimum Gasteiger partial charge on any atom is -0.491 e. The SMILES string of the molecule is CC(C)Oc1ccccc1CNC(=O)[C@@H](N)Cc1ccccc1. The first-order valence-corrected chi connectivity index (χ1v) is 7.88. The number of hydrogen-bond acceptors (Lipinski definition) is 3. The van der Waals surface area contributed by atoms with Crippen molar-refractivity contribution in [1.29, 1.82) is 0 Å². The fourth-order valence-electron chi connectivity index (χ4n) is 2.29. The second-order valence-corrected chi connectivity index (χ2v) is 5.79. The highest BCUT2D eigenvalue weighted by Gasteiger charge is 2.14. The summed E-state index contributed by atoms with van der Waals surface area (Å²) in [5, 5.41) is 2.89. The Morgan fingerprint density at radius 2 is 1.74 bits per heavy atom. The zero-order chi connectivity index (χ0) is 16.7. The molecule has 23 heavy (non-hydrogen) atoms. The van der Waals surface area contributed by atoms with E-state index in [0.717, 1.165) is 16.9 Å². The van der Waals surface area contributed by atoms with Crippen LogP contribution in [0.1, 0.15) is 25.0 Å². The molecule has 3 N–H and O–H groups in total. The summed E-state index contributed by atoms with van der Waals surface area (Å²) in [6.07, 6.45) is 0.615. The lowest BCUT2D eigenvalue weighted by Crippen LogP contribution is -2.41. The molecule has 0 aliphatic carbocycles. The molecule has 0 bridgehead atoms. The van der Waals surface area contributed by atoms with E-state index in [4.69, 9.17) is 10.5 Å². The van der Waals surface area contributed by atoms with E-state index >= 15 is 0 Å². The van der Waals surface area contributed by atoms with Crippen LogP contribution in [0.25, 0.3) is 0 Å². The number of carbonyl (C=O) groups excluding carboxylic acids is 1. The van der Waals surface area contributed by atoms with Crippen molar-refractivity contribution in [2.75, 3.05) is 0 Å². The molecule has 1 amide bonds. The number of rotatable bonds is 7. The van der Waals surface area contributed by atoms with Gasteiger partial charge in [-0.05, 0) is 31.9 Å². The molecular formula is C19H24N2O2. The van der Waals surface area contributed by atoms with Gasteiger partial charge in [0.05, 0.1) is 12.1 Å². The van der Waals surface area contributed by atoms with Crippen LogP contribution >= 0.6 is 0 Å². The quantitative estimate of drug-likeness (QED) is 0.826. The van der Waals surface area contributed by atoms with Crippen molar-refractivity contribution in [2.24, 2.45) is 5.73 Å². The molecule has 0 radical (unpaired) electrons. The molecule has 2 aromatic rings. The number of hydrogen-bond donors (Lipinski definition) is 2. The predicted octanol–water partition coefficient (Wildman–Crippen LogP) is 2.66. The number of amides is 1. The van der Waals surface area contributed by atoms with Gasteiger partial charge in [0.15, 0.2) is 0 Å². The van der Waals surface area contributed by atoms with Crippen LogP contribution in [0.2, 0.25) is 0 Å². The molecule has 0 saturated carbocycles. The van der Waals surface area contributed by atoms with Gasteiger partial charge in [-0.1, -0.05) is 48.5 Å². The molecule has 0 aliphatic heterocycles. The summed E-state index contributed by atoms with van der Waals surface area (Å²) in [6.45, 7) is 4.36. The van der Waals surface area contributed by atoms with E-state index in [0.29, 0.717) is 13.0 Å². The highest BCUT2D eigenvalue weighted by molar-refractivity contribution is 5.81. The van der Waals surface area contributed by atoms with Crippen LogP contribution < -0.4 is 15.8 Å². The lowest BCUT2D eigenvalue weighted by atomic mass is 10.1. The van der Waals surface area contributed by atoms with Crippen LogP contribution in [-0.2, 0) is 17.8 Å². The van der Waals surface area contributed by atoms with Crippen LogP contribution in [-0.4, -0.2) is 18.1 Å². The van der Waals surface area contributed by atoms with Crippen molar-refractivity contribution in [3.63, 3.8) is 0 Å². The highest BCUT2D eigenvalue weighted by atomic mass is 16.5. The van der Waals surface area contributed by atoms with Gasteiger partial charge in [-0.2, -0.15) is 0 Å². The molecule has 0 unspecified atom stereocenters. The third kappa shape index (κ3) is 5.42. The molecule has 0 saturated heterocycles. The van der Waals surface area contributed by atoms with Crippen molar-refractivity contribution in [2.45, 2.75) is 39.0 Å². The standard InChI is InChI=1S/C19H24N2O2/c1-14(2)23-18-11-7-6-10-16(18)13-21-19(22)17(20)12-15-8-4-3-5-9-15/h3-11,14,17H,12-13,20H2,1-2H3,(H,21,22)/t17-/m0/s1. The number of carbonyl (C=O) groups is 1. The Bertz CT molecular complexity index is 626. The molecule has 2 aromatic carbocycles. The fourth-order valence-corrected chi connectivity index (χ4v) is 2.29. The molecule has 0 heterocycles. The van der Waals surface area contributed by atoms with Gasteiger partial charge in [0.1, 0.15) is 5.75 Å². The third-order valence-electron chi connectivity index (χ3n) is 3.42. The Hall–Kier alpha value is -2.33. The molecule has 2 rings (SSSR count). The first-order chi connectivity index (χ1) is 11.1. The largest absolute Gasteiger partial charge is 0.491 e. The Morgan fingerprint density at radius 3 is 2.43 bits per heavy atom. The maximum Gasteiger partial charge on any atom is 0.237 e. The minimum absolute atomic E-state index is 0.0900. The molecule has 0 spiro atoms. The zero-order valence-corrected chi connectivity index (χ0v) is 13.7. The number of nitrogens with two attached hydrogens (primary N) is 1. The van der Waals surface area contributed by atoms with Gasteiger partial charge in [-0.3, -0.25) is 4.79 Å². The fraction of sp³-hybridized carbons (Fsp3) is 0.316. The summed E-state index contributed by atoms with van der Waals surface area (Å²) in [7, 11) is 0. The molecular weight excluding hydrogens is 288 g/mol. The molecule has 0 aliphatic rings. The lowest BCUT2D eigenvalue weighted by Gasteiger charge is -2.16. The monoisotopic (exact) mass is 312 g/mol. The van der Waals surface area contributed by atoms with Crippen LogP contribution in [0.5, 0.6) is 5.75 Å². The van der Waals surface area contributed by atoms with Crippen LogP contribution in [0.15, 0.2) is 54.6 Å². The predicted molar refractivity (Wildman–Crippen MR) is 92.2 cm³/mol. The number of nitrogens with one attached hydrogen (secondary N) is 1.